The van der Waals surface area contributed by atoms with Gasteiger partial charge in [0.15, 0.2) is 5.76 Å². The van der Waals surface area contributed by atoms with E-state index in [9.17, 15) is 14.0 Å². The minimum Gasteiger partial charge on any atom is -0.456 e. The third kappa shape index (κ3) is 4.49. The second kappa shape index (κ2) is 8.14. The van der Waals surface area contributed by atoms with E-state index in [4.69, 9.17) is 4.42 Å². The van der Waals surface area contributed by atoms with Crippen LogP contribution >= 0.6 is 0 Å². The summed E-state index contributed by atoms with van der Waals surface area (Å²) in [4.78, 5) is 28.3. The van der Waals surface area contributed by atoms with E-state index in [2.05, 4.69) is 5.32 Å². The van der Waals surface area contributed by atoms with Crippen LogP contribution in [-0.2, 0) is 11.2 Å². The van der Waals surface area contributed by atoms with Gasteiger partial charge in [-0.1, -0.05) is 6.92 Å². The number of nitrogens with zero attached hydrogens (tertiary/aromatic N) is 2. The second-order valence-corrected chi connectivity index (χ2v) is 6.24. The van der Waals surface area contributed by atoms with Gasteiger partial charge in [0.05, 0.1) is 6.54 Å². The van der Waals surface area contributed by atoms with Gasteiger partial charge in [-0.2, -0.15) is 0 Å². The summed E-state index contributed by atoms with van der Waals surface area (Å²) in [7, 11) is 0. The summed E-state index contributed by atoms with van der Waals surface area (Å²) in [6.07, 6.45) is 0.754. The quantitative estimate of drug-likeness (QED) is 0.890. The van der Waals surface area contributed by atoms with Crippen LogP contribution in [0, 0.1) is 5.82 Å². The van der Waals surface area contributed by atoms with Crippen LogP contribution in [-0.4, -0.2) is 54.3 Å². The highest BCUT2D eigenvalue weighted by molar-refractivity contribution is 5.92. The minimum absolute atomic E-state index is 0.111. The first-order chi connectivity index (χ1) is 12.5. The van der Waals surface area contributed by atoms with Crippen molar-refractivity contribution in [2.75, 3.05) is 38.0 Å². The van der Waals surface area contributed by atoms with E-state index < -0.39 is 0 Å². The number of hydrogen-bond acceptors (Lipinski definition) is 4. The molecule has 0 atom stereocenters. The Morgan fingerprint density at radius 1 is 1.08 bits per heavy atom. The maximum atomic E-state index is 12.9. The Bertz CT molecular complexity index is 765. The number of nitrogens with one attached hydrogen (secondary N) is 1. The molecule has 1 aromatic carbocycles. The van der Waals surface area contributed by atoms with Gasteiger partial charge in [0.2, 0.25) is 5.91 Å². The van der Waals surface area contributed by atoms with E-state index in [0.29, 0.717) is 37.6 Å². The summed E-state index contributed by atoms with van der Waals surface area (Å²) < 4.78 is 18.4. The predicted octanol–water partition coefficient (Wildman–Crippen LogP) is 2.38. The summed E-state index contributed by atoms with van der Waals surface area (Å²) in [6.45, 7) is 4.53. The van der Waals surface area contributed by atoms with E-state index in [1.165, 1.54) is 24.3 Å². The van der Waals surface area contributed by atoms with Crippen molar-refractivity contribution in [2.45, 2.75) is 13.3 Å². The number of halogens is 1. The fourth-order valence-corrected chi connectivity index (χ4v) is 2.88. The molecule has 0 radical (unpaired) electrons. The molecule has 0 unspecified atom stereocenters. The normalized spacial score (nSPS) is 15.1. The first-order valence-electron chi connectivity index (χ1n) is 8.71. The highest BCUT2D eigenvalue weighted by Gasteiger charge is 2.25. The lowest BCUT2D eigenvalue weighted by molar-refractivity contribution is -0.117. The maximum Gasteiger partial charge on any atom is 0.289 e. The second-order valence-electron chi connectivity index (χ2n) is 6.24. The Balaban J connectivity index is 1.46. The van der Waals surface area contributed by atoms with Gasteiger partial charge in [-0.3, -0.25) is 14.5 Å². The van der Waals surface area contributed by atoms with Crippen LogP contribution in [0.2, 0.25) is 0 Å². The van der Waals surface area contributed by atoms with Crippen LogP contribution in [0.3, 0.4) is 0 Å². The standard InChI is InChI=1S/C19H22FN3O3/c1-2-16-7-8-17(26-16)19(25)23-11-9-22(10-12-23)13-18(24)21-15-5-3-14(20)4-6-15/h3-8H,2,9-13H2,1H3,(H,21,24). The topological polar surface area (TPSA) is 65.8 Å². The lowest BCUT2D eigenvalue weighted by Crippen LogP contribution is -2.50. The molecule has 0 aliphatic carbocycles. The molecule has 1 N–H and O–H groups in total. The van der Waals surface area contributed by atoms with Gasteiger partial charge < -0.3 is 14.6 Å². The molecular weight excluding hydrogens is 337 g/mol. The lowest BCUT2D eigenvalue weighted by atomic mass is 10.2. The Kier molecular flexibility index (Phi) is 5.68. The van der Waals surface area contributed by atoms with Crippen molar-refractivity contribution in [1.82, 2.24) is 9.80 Å². The van der Waals surface area contributed by atoms with Crippen molar-refractivity contribution in [3.8, 4) is 0 Å². The molecule has 1 saturated heterocycles. The van der Waals surface area contributed by atoms with E-state index in [1.807, 2.05) is 17.9 Å². The van der Waals surface area contributed by atoms with Crippen molar-refractivity contribution in [2.24, 2.45) is 0 Å². The van der Waals surface area contributed by atoms with Crippen molar-refractivity contribution in [3.05, 3.63) is 53.7 Å². The molecule has 1 fully saturated rings. The molecule has 6 nitrogen and oxygen atoms in total. The summed E-state index contributed by atoms with van der Waals surface area (Å²) in [5, 5.41) is 2.74. The van der Waals surface area contributed by atoms with Crippen molar-refractivity contribution in [1.29, 1.82) is 0 Å². The van der Waals surface area contributed by atoms with E-state index in [1.54, 1.807) is 11.0 Å². The summed E-state index contributed by atoms with van der Waals surface area (Å²) in [6, 6.07) is 9.19. The molecular formula is C19H22FN3O3. The Morgan fingerprint density at radius 2 is 1.77 bits per heavy atom. The fourth-order valence-electron chi connectivity index (χ4n) is 2.88. The van der Waals surface area contributed by atoms with Crippen LogP contribution in [0.1, 0.15) is 23.2 Å². The first kappa shape index (κ1) is 18.1. The van der Waals surface area contributed by atoms with Gasteiger partial charge in [-0.05, 0) is 36.4 Å². The molecule has 1 aliphatic rings. The van der Waals surface area contributed by atoms with E-state index in [-0.39, 0.29) is 24.2 Å². The van der Waals surface area contributed by atoms with Gasteiger partial charge in [0, 0.05) is 38.3 Å². The Morgan fingerprint density at radius 3 is 2.38 bits per heavy atom. The largest absolute Gasteiger partial charge is 0.456 e. The van der Waals surface area contributed by atoms with E-state index >= 15 is 0 Å². The molecule has 0 bridgehead atoms. The van der Waals surface area contributed by atoms with Crippen LogP contribution in [0.25, 0.3) is 0 Å². The number of rotatable bonds is 5. The average molecular weight is 359 g/mol. The monoisotopic (exact) mass is 359 g/mol. The zero-order chi connectivity index (χ0) is 18.5. The number of hydrogen-bond donors (Lipinski definition) is 1. The molecule has 2 heterocycles. The van der Waals surface area contributed by atoms with Crippen LogP contribution in [0.15, 0.2) is 40.8 Å². The number of anilines is 1. The molecule has 2 amide bonds. The first-order valence-corrected chi connectivity index (χ1v) is 8.71. The molecule has 1 aliphatic heterocycles. The van der Waals surface area contributed by atoms with Crippen LogP contribution < -0.4 is 5.32 Å². The average Bonchev–Trinajstić information content (AvgIpc) is 3.13. The fraction of sp³-hybridized carbons (Fsp3) is 0.368. The van der Waals surface area contributed by atoms with Crippen molar-refractivity contribution >= 4 is 17.5 Å². The highest BCUT2D eigenvalue weighted by atomic mass is 19.1. The zero-order valence-electron chi connectivity index (χ0n) is 14.7. The van der Waals surface area contributed by atoms with Gasteiger partial charge in [-0.15, -0.1) is 0 Å². The number of carbonyl (C=O) groups is 2. The highest BCUT2D eigenvalue weighted by Crippen LogP contribution is 2.13. The number of piperazine rings is 1. The minimum atomic E-state index is -0.341. The summed E-state index contributed by atoms with van der Waals surface area (Å²) in [5.74, 6) is 0.551. The van der Waals surface area contributed by atoms with Crippen molar-refractivity contribution < 1.29 is 18.4 Å². The molecule has 1 aromatic heterocycles. The molecule has 7 heteroatoms. The molecule has 26 heavy (non-hydrogen) atoms. The smallest absolute Gasteiger partial charge is 0.289 e. The zero-order valence-corrected chi connectivity index (χ0v) is 14.7. The maximum absolute atomic E-state index is 12.9. The SMILES string of the molecule is CCc1ccc(C(=O)N2CCN(CC(=O)Nc3ccc(F)cc3)CC2)o1. The summed E-state index contributed by atoms with van der Waals surface area (Å²) >= 11 is 0. The molecule has 138 valence electrons. The third-order valence-electron chi connectivity index (χ3n) is 4.38. The Labute approximate surface area is 151 Å². The number of furan rings is 1. The molecule has 0 spiro atoms. The Hall–Kier alpha value is -2.67. The van der Waals surface area contributed by atoms with Crippen LogP contribution in [0.4, 0.5) is 10.1 Å². The number of benzene rings is 1. The van der Waals surface area contributed by atoms with Gasteiger partial charge in [0.25, 0.3) is 5.91 Å². The van der Waals surface area contributed by atoms with Gasteiger partial charge in [-0.25, -0.2) is 4.39 Å². The number of aryl methyl sites for hydroxylation is 1. The van der Waals surface area contributed by atoms with Crippen molar-refractivity contribution in [3.63, 3.8) is 0 Å². The van der Waals surface area contributed by atoms with Crippen LogP contribution in [0.5, 0.6) is 0 Å². The molecule has 0 saturated carbocycles. The number of amides is 2. The summed E-state index contributed by atoms with van der Waals surface area (Å²) in [5.41, 5.74) is 0.565. The van der Waals surface area contributed by atoms with Gasteiger partial charge >= 0.3 is 0 Å². The number of carbonyl (C=O) groups excluding carboxylic acids is 2. The lowest BCUT2D eigenvalue weighted by Gasteiger charge is -2.33. The molecule has 2 aromatic rings. The predicted molar refractivity (Wildman–Crippen MR) is 95.5 cm³/mol. The third-order valence-corrected chi connectivity index (χ3v) is 4.38. The van der Waals surface area contributed by atoms with Gasteiger partial charge in [0.1, 0.15) is 11.6 Å². The van der Waals surface area contributed by atoms with E-state index in [0.717, 1.165) is 12.2 Å². The molecule has 3 rings (SSSR count).